The van der Waals surface area contributed by atoms with Gasteiger partial charge in [-0.1, -0.05) is 0 Å². The fourth-order valence-corrected chi connectivity index (χ4v) is 2.75. The number of H-pyrrole nitrogens is 1. The number of carbonyl (C=O) groups excluding carboxylic acids is 2. The number of aromatic amines is 1. The summed E-state index contributed by atoms with van der Waals surface area (Å²) in [7, 11) is 0. The molecule has 0 aliphatic heterocycles. The SMILES string of the molecule is Cc1c[nH]c(=O)n1-c1ccc(C(=O)OCC(=O)N[C@@H](C)C2CC2)cc1. The first kappa shape index (κ1) is 17.0. The number of hydrogen-bond donors (Lipinski definition) is 2. The largest absolute Gasteiger partial charge is 0.452 e. The Balaban J connectivity index is 1.57. The molecule has 1 atom stereocenters. The molecule has 2 N–H and O–H groups in total. The normalized spacial score (nSPS) is 14.8. The smallest absolute Gasteiger partial charge is 0.338 e. The Hall–Kier alpha value is -2.83. The van der Waals surface area contributed by atoms with Gasteiger partial charge < -0.3 is 15.0 Å². The molecule has 1 aromatic heterocycles. The third-order valence-electron chi connectivity index (χ3n) is 4.37. The molecule has 1 heterocycles. The van der Waals surface area contributed by atoms with Crippen molar-refractivity contribution in [3.05, 3.63) is 52.2 Å². The molecule has 0 bridgehead atoms. The van der Waals surface area contributed by atoms with E-state index < -0.39 is 5.97 Å². The molecule has 0 saturated heterocycles. The molecule has 0 spiro atoms. The van der Waals surface area contributed by atoms with Crippen LogP contribution in [0.15, 0.2) is 35.3 Å². The van der Waals surface area contributed by atoms with Gasteiger partial charge in [0.2, 0.25) is 0 Å². The Kier molecular flexibility index (Phi) is 4.74. The van der Waals surface area contributed by atoms with Crippen LogP contribution in [-0.2, 0) is 9.53 Å². The van der Waals surface area contributed by atoms with Crippen molar-refractivity contribution in [2.24, 2.45) is 5.92 Å². The number of aryl methyl sites for hydroxylation is 1. The zero-order valence-corrected chi connectivity index (χ0v) is 14.2. The van der Waals surface area contributed by atoms with Gasteiger partial charge in [0, 0.05) is 17.9 Å². The summed E-state index contributed by atoms with van der Waals surface area (Å²) < 4.78 is 6.55. The second kappa shape index (κ2) is 6.96. The number of hydrogen-bond acceptors (Lipinski definition) is 4. The number of imidazole rings is 1. The third-order valence-corrected chi connectivity index (χ3v) is 4.37. The van der Waals surface area contributed by atoms with E-state index in [4.69, 9.17) is 4.74 Å². The van der Waals surface area contributed by atoms with Gasteiger partial charge >= 0.3 is 11.7 Å². The predicted octanol–water partition coefficient (Wildman–Crippen LogP) is 1.55. The molecule has 3 rings (SSSR count). The van der Waals surface area contributed by atoms with E-state index in [0.717, 1.165) is 18.5 Å². The number of aromatic nitrogens is 2. The number of rotatable bonds is 6. The quantitative estimate of drug-likeness (QED) is 0.778. The van der Waals surface area contributed by atoms with Gasteiger partial charge in [-0.2, -0.15) is 0 Å². The summed E-state index contributed by atoms with van der Waals surface area (Å²) in [6, 6.07) is 6.58. The van der Waals surface area contributed by atoms with Crippen molar-refractivity contribution in [2.75, 3.05) is 6.61 Å². The van der Waals surface area contributed by atoms with Crippen molar-refractivity contribution in [2.45, 2.75) is 32.7 Å². The molecule has 1 amide bonds. The van der Waals surface area contributed by atoms with Crippen molar-refractivity contribution in [3.8, 4) is 5.69 Å². The molecule has 1 aromatic carbocycles. The summed E-state index contributed by atoms with van der Waals surface area (Å²) in [5, 5.41) is 2.83. The maximum absolute atomic E-state index is 12.0. The Bertz CT molecular complexity index is 831. The summed E-state index contributed by atoms with van der Waals surface area (Å²) in [5.74, 6) is -0.315. The van der Waals surface area contributed by atoms with Gasteiger partial charge in [-0.15, -0.1) is 0 Å². The van der Waals surface area contributed by atoms with E-state index in [9.17, 15) is 14.4 Å². The summed E-state index contributed by atoms with van der Waals surface area (Å²) >= 11 is 0. The number of ether oxygens (including phenoxy) is 1. The van der Waals surface area contributed by atoms with E-state index in [2.05, 4.69) is 10.3 Å². The van der Waals surface area contributed by atoms with Gasteiger partial charge in [-0.05, 0) is 56.9 Å². The molecule has 0 unspecified atom stereocenters. The standard InChI is InChI=1S/C18H21N3O4/c1-11-9-19-18(24)21(11)15-7-5-14(6-8-15)17(23)25-10-16(22)20-12(2)13-3-4-13/h5-9,12-13H,3-4,10H2,1-2H3,(H,19,24)(H,20,22)/t12-/m0/s1. The second-order valence-electron chi connectivity index (χ2n) is 6.39. The highest BCUT2D eigenvalue weighted by Crippen LogP contribution is 2.32. The van der Waals surface area contributed by atoms with Crippen molar-refractivity contribution in [3.63, 3.8) is 0 Å². The lowest BCUT2D eigenvalue weighted by Crippen LogP contribution is -2.37. The van der Waals surface area contributed by atoms with Crippen LogP contribution < -0.4 is 11.0 Å². The molecular formula is C18H21N3O4. The maximum atomic E-state index is 12.0. The van der Waals surface area contributed by atoms with Crippen LogP contribution in [0.4, 0.5) is 0 Å². The monoisotopic (exact) mass is 343 g/mol. The number of esters is 1. The minimum Gasteiger partial charge on any atom is -0.452 e. The lowest BCUT2D eigenvalue weighted by atomic mass is 10.2. The second-order valence-corrected chi connectivity index (χ2v) is 6.39. The van der Waals surface area contributed by atoms with E-state index in [1.54, 1.807) is 37.4 Å². The Morgan fingerprint density at radius 2 is 2.00 bits per heavy atom. The van der Waals surface area contributed by atoms with Crippen LogP contribution in [-0.4, -0.2) is 34.1 Å². The molecular weight excluding hydrogens is 322 g/mol. The van der Waals surface area contributed by atoms with E-state index in [1.807, 2.05) is 6.92 Å². The van der Waals surface area contributed by atoms with Crippen molar-refractivity contribution < 1.29 is 14.3 Å². The Labute approximate surface area is 145 Å². The zero-order chi connectivity index (χ0) is 18.0. The number of amides is 1. The van der Waals surface area contributed by atoms with Gasteiger partial charge in [0.15, 0.2) is 6.61 Å². The molecule has 1 fully saturated rings. The van der Waals surface area contributed by atoms with E-state index in [-0.39, 0.29) is 24.2 Å². The first-order valence-corrected chi connectivity index (χ1v) is 8.29. The first-order valence-electron chi connectivity index (χ1n) is 8.29. The molecule has 1 saturated carbocycles. The van der Waals surface area contributed by atoms with Crippen molar-refractivity contribution >= 4 is 11.9 Å². The lowest BCUT2D eigenvalue weighted by Gasteiger charge is -2.12. The minimum absolute atomic E-state index is 0.119. The topological polar surface area (TPSA) is 93.2 Å². The Morgan fingerprint density at radius 1 is 1.32 bits per heavy atom. The Morgan fingerprint density at radius 3 is 2.56 bits per heavy atom. The average Bonchev–Trinajstić information content (AvgIpc) is 3.39. The van der Waals surface area contributed by atoms with E-state index in [0.29, 0.717) is 17.2 Å². The molecule has 2 aromatic rings. The minimum atomic E-state index is -0.570. The highest BCUT2D eigenvalue weighted by atomic mass is 16.5. The van der Waals surface area contributed by atoms with Crippen molar-refractivity contribution in [1.29, 1.82) is 0 Å². The number of nitrogens with one attached hydrogen (secondary N) is 2. The van der Waals surface area contributed by atoms with Crippen LogP contribution in [0.2, 0.25) is 0 Å². The summed E-state index contributed by atoms with van der Waals surface area (Å²) in [4.78, 5) is 38.2. The molecule has 25 heavy (non-hydrogen) atoms. The molecule has 1 aliphatic rings. The highest BCUT2D eigenvalue weighted by Gasteiger charge is 2.29. The van der Waals surface area contributed by atoms with Gasteiger partial charge in [0.25, 0.3) is 5.91 Å². The molecule has 7 nitrogen and oxygen atoms in total. The zero-order valence-electron chi connectivity index (χ0n) is 14.2. The van der Waals surface area contributed by atoms with Gasteiger partial charge in [-0.25, -0.2) is 9.59 Å². The molecule has 132 valence electrons. The van der Waals surface area contributed by atoms with Crippen LogP contribution in [0.5, 0.6) is 0 Å². The summed E-state index contributed by atoms with van der Waals surface area (Å²) in [6.07, 6.45) is 3.89. The third kappa shape index (κ3) is 3.99. The molecule has 0 radical (unpaired) electrons. The summed E-state index contributed by atoms with van der Waals surface area (Å²) in [6.45, 7) is 3.47. The predicted molar refractivity (Wildman–Crippen MR) is 91.7 cm³/mol. The fraction of sp³-hybridized carbons (Fsp3) is 0.389. The van der Waals surface area contributed by atoms with Gasteiger partial charge in [-0.3, -0.25) is 9.36 Å². The fourth-order valence-electron chi connectivity index (χ4n) is 2.75. The average molecular weight is 343 g/mol. The summed E-state index contributed by atoms with van der Waals surface area (Å²) in [5.41, 5.74) is 1.50. The van der Waals surface area contributed by atoms with Crippen LogP contribution >= 0.6 is 0 Å². The maximum Gasteiger partial charge on any atom is 0.338 e. The molecule has 1 aliphatic carbocycles. The first-order chi connectivity index (χ1) is 12.0. The van der Waals surface area contributed by atoms with Crippen LogP contribution in [0.25, 0.3) is 5.69 Å². The van der Waals surface area contributed by atoms with Gasteiger partial charge in [0.1, 0.15) is 0 Å². The van der Waals surface area contributed by atoms with Crippen molar-refractivity contribution in [1.82, 2.24) is 14.9 Å². The van der Waals surface area contributed by atoms with E-state index in [1.165, 1.54) is 4.57 Å². The molecule has 7 heteroatoms. The number of nitrogens with zero attached hydrogens (tertiary/aromatic N) is 1. The number of benzene rings is 1. The van der Waals surface area contributed by atoms with E-state index >= 15 is 0 Å². The lowest BCUT2D eigenvalue weighted by molar-refractivity contribution is -0.124. The van der Waals surface area contributed by atoms with Crippen LogP contribution in [0.1, 0.15) is 35.8 Å². The van der Waals surface area contributed by atoms with Gasteiger partial charge in [0.05, 0.1) is 11.3 Å². The van der Waals surface area contributed by atoms with Crippen LogP contribution in [0, 0.1) is 12.8 Å². The number of carbonyl (C=O) groups is 2. The van der Waals surface area contributed by atoms with Crippen LogP contribution in [0.3, 0.4) is 0 Å². The highest BCUT2D eigenvalue weighted by molar-refractivity contribution is 5.91.